The molecule has 0 aliphatic rings. The average Bonchev–Trinajstić information content (AvgIpc) is 2.90. The number of hydrogen-bond donors (Lipinski definition) is 1. The summed E-state index contributed by atoms with van der Waals surface area (Å²) in [6, 6.07) is 3.30. The van der Waals surface area contributed by atoms with Crippen molar-refractivity contribution in [3.05, 3.63) is 30.9 Å². The highest BCUT2D eigenvalue weighted by atomic mass is 32.2. The van der Waals surface area contributed by atoms with Crippen LogP contribution in [0.15, 0.2) is 30.9 Å². The molecule has 0 saturated carbocycles. The van der Waals surface area contributed by atoms with E-state index in [2.05, 4.69) is 19.8 Å². The van der Waals surface area contributed by atoms with Crippen molar-refractivity contribution in [2.45, 2.75) is 19.8 Å². The summed E-state index contributed by atoms with van der Waals surface area (Å²) in [5, 5.41) is 4.02. The van der Waals surface area contributed by atoms with E-state index in [9.17, 15) is 8.42 Å². The van der Waals surface area contributed by atoms with Crippen LogP contribution in [0.4, 0.5) is 5.82 Å². The van der Waals surface area contributed by atoms with Gasteiger partial charge in [0.05, 0.1) is 5.75 Å². The number of nitrogens with zero attached hydrogens (tertiary/aromatic N) is 4. The Balaban J connectivity index is 2.16. The molecule has 2 aromatic rings. The standard InChI is InChI=1S/C11H15N5O2S/c1-2-3-7-19(17,18)15-10-8-11(13-9-12-10)16-6-4-5-14-16/h4-6,8-9H,2-3,7H2,1H3,(H,12,13,15). The second kappa shape index (κ2) is 5.79. The van der Waals surface area contributed by atoms with Crippen LogP contribution >= 0.6 is 0 Å². The normalized spacial score (nSPS) is 11.4. The number of hydrogen-bond acceptors (Lipinski definition) is 5. The lowest BCUT2D eigenvalue weighted by molar-refractivity contribution is 0.597. The van der Waals surface area contributed by atoms with Crippen LogP contribution < -0.4 is 4.72 Å². The summed E-state index contributed by atoms with van der Waals surface area (Å²) in [5.74, 6) is 0.842. The maximum atomic E-state index is 11.8. The van der Waals surface area contributed by atoms with Crippen LogP contribution in [0, 0.1) is 0 Å². The van der Waals surface area contributed by atoms with Crippen LogP contribution in [0.2, 0.25) is 0 Å². The first kappa shape index (κ1) is 13.5. The third-order valence-electron chi connectivity index (χ3n) is 2.42. The molecule has 0 bridgehead atoms. The zero-order chi connectivity index (χ0) is 13.7. The summed E-state index contributed by atoms with van der Waals surface area (Å²) in [6.07, 6.45) is 6.08. The third kappa shape index (κ3) is 3.75. The van der Waals surface area contributed by atoms with Gasteiger partial charge in [-0.2, -0.15) is 5.10 Å². The van der Waals surface area contributed by atoms with Crippen LogP contribution in [0.5, 0.6) is 0 Å². The molecule has 19 heavy (non-hydrogen) atoms. The first-order valence-corrected chi connectivity index (χ1v) is 7.58. The molecule has 2 aromatic heterocycles. The Morgan fingerprint density at radius 2 is 2.21 bits per heavy atom. The summed E-state index contributed by atoms with van der Waals surface area (Å²) in [6.45, 7) is 1.94. The molecule has 7 nitrogen and oxygen atoms in total. The van der Waals surface area contributed by atoms with Crippen molar-refractivity contribution in [3.63, 3.8) is 0 Å². The number of rotatable bonds is 6. The molecule has 0 fully saturated rings. The lowest BCUT2D eigenvalue weighted by Crippen LogP contribution is -2.17. The highest BCUT2D eigenvalue weighted by Gasteiger charge is 2.11. The molecule has 0 aliphatic carbocycles. The van der Waals surface area contributed by atoms with Crippen LogP contribution in [-0.4, -0.2) is 33.9 Å². The van der Waals surface area contributed by atoms with Gasteiger partial charge in [-0.1, -0.05) is 13.3 Å². The molecule has 0 aromatic carbocycles. The highest BCUT2D eigenvalue weighted by molar-refractivity contribution is 7.92. The van der Waals surface area contributed by atoms with E-state index < -0.39 is 10.0 Å². The molecule has 1 N–H and O–H groups in total. The molecular formula is C11H15N5O2S. The van der Waals surface area contributed by atoms with Gasteiger partial charge in [0.1, 0.15) is 12.1 Å². The first-order chi connectivity index (χ1) is 9.11. The maximum absolute atomic E-state index is 11.8. The number of sulfonamides is 1. The molecule has 0 unspecified atom stereocenters. The fraction of sp³-hybridized carbons (Fsp3) is 0.364. The second-order valence-electron chi connectivity index (χ2n) is 3.99. The molecule has 0 amide bonds. The lowest BCUT2D eigenvalue weighted by Gasteiger charge is -2.07. The van der Waals surface area contributed by atoms with Gasteiger partial charge in [0.2, 0.25) is 10.0 Å². The van der Waals surface area contributed by atoms with Gasteiger partial charge >= 0.3 is 0 Å². The largest absolute Gasteiger partial charge is 0.267 e. The van der Waals surface area contributed by atoms with Gasteiger partial charge in [0.15, 0.2) is 5.82 Å². The van der Waals surface area contributed by atoms with Gasteiger partial charge in [-0.3, -0.25) is 4.72 Å². The van der Waals surface area contributed by atoms with Crippen LogP contribution in [0.1, 0.15) is 19.8 Å². The van der Waals surface area contributed by atoms with Crippen molar-refractivity contribution >= 4 is 15.8 Å². The van der Waals surface area contributed by atoms with Crippen molar-refractivity contribution in [3.8, 4) is 5.82 Å². The minimum Gasteiger partial charge on any atom is -0.267 e. The predicted octanol–water partition coefficient (Wildman–Crippen LogP) is 1.20. The second-order valence-corrected chi connectivity index (χ2v) is 5.83. The Hall–Kier alpha value is -1.96. The molecular weight excluding hydrogens is 266 g/mol. The molecule has 0 atom stereocenters. The predicted molar refractivity (Wildman–Crippen MR) is 71.5 cm³/mol. The van der Waals surface area contributed by atoms with Crippen molar-refractivity contribution in [1.29, 1.82) is 0 Å². The molecule has 0 aliphatic heterocycles. The topological polar surface area (TPSA) is 89.8 Å². The Morgan fingerprint density at radius 3 is 2.89 bits per heavy atom. The zero-order valence-electron chi connectivity index (χ0n) is 10.5. The van der Waals surface area contributed by atoms with Gasteiger partial charge in [-0.25, -0.2) is 23.1 Å². The van der Waals surface area contributed by atoms with E-state index in [0.717, 1.165) is 6.42 Å². The van der Waals surface area contributed by atoms with Gasteiger partial charge < -0.3 is 0 Å². The minimum atomic E-state index is -3.35. The highest BCUT2D eigenvalue weighted by Crippen LogP contribution is 2.10. The van der Waals surface area contributed by atoms with Gasteiger partial charge in [-0.15, -0.1) is 0 Å². The van der Waals surface area contributed by atoms with E-state index in [-0.39, 0.29) is 11.6 Å². The zero-order valence-corrected chi connectivity index (χ0v) is 11.3. The Morgan fingerprint density at radius 1 is 1.37 bits per heavy atom. The molecule has 0 saturated heterocycles. The lowest BCUT2D eigenvalue weighted by atomic mass is 10.4. The minimum absolute atomic E-state index is 0.0879. The van der Waals surface area contributed by atoms with Gasteiger partial charge in [0.25, 0.3) is 0 Å². The van der Waals surface area contributed by atoms with E-state index in [1.54, 1.807) is 18.5 Å². The number of aromatic nitrogens is 4. The van der Waals surface area contributed by atoms with Gasteiger partial charge in [0, 0.05) is 18.5 Å². The van der Waals surface area contributed by atoms with E-state index in [1.165, 1.54) is 17.1 Å². The Bertz CT molecular complexity index is 624. The summed E-state index contributed by atoms with van der Waals surface area (Å²) in [7, 11) is -3.35. The number of anilines is 1. The van der Waals surface area contributed by atoms with Crippen molar-refractivity contribution in [2.75, 3.05) is 10.5 Å². The van der Waals surface area contributed by atoms with E-state index in [1.807, 2.05) is 6.92 Å². The molecule has 8 heteroatoms. The van der Waals surface area contributed by atoms with Crippen LogP contribution in [-0.2, 0) is 10.0 Å². The molecule has 2 rings (SSSR count). The Kier molecular flexibility index (Phi) is 4.10. The summed E-state index contributed by atoms with van der Waals surface area (Å²) >= 11 is 0. The van der Waals surface area contributed by atoms with Crippen molar-refractivity contribution in [1.82, 2.24) is 19.7 Å². The maximum Gasteiger partial charge on any atom is 0.233 e. The summed E-state index contributed by atoms with van der Waals surface area (Å²) in [4.78, 5) is 7.93. The van der Waals surface area contributed by atoms with Crippen molar-refractivity contribution < 1.29 is 8.42 Å². The number of nitrogens with one attached hydrogen (secondary N) is 1. The van der Waals surface area contributed by atoms with E-state index in [4.69, 9.17) is 0 Å². The average molecular weight is 281 g/mol. The van der Waals surface area contributed by atoms with Crippen molar-refractivity contribution in [2.24, 2.45) is 0 Å². The number of unbranched alkanes of at least 4 members (excludes halogenated alkanes) is 1. The molecule has 2 heterocycles. The fourth-order valence-electron chi connectivity index (χ4n) is 1.48. The first-order valence-electron chi connectivity index (χ1n) is 5.93. The van der Waals surface area contributed by atoms with Gasteiger partial charge in [-0.05, 0) is 12.5 Å². The smallest absolute Gasteiger partial charge is 0.233 e. The molecule has 0 spiro atoms. The monoisotopic (exact) mass is 281 g/mol. The SMILES string of the molecule is CCCCS(=O)(=O)Nc1cc(-n2cccn2)ncn1. The Labute approximate surface area is 111 Å². The van der Waals surface area contributed by atoms with E-state index >= 15 is 0 Å². The summed E-state index contributed by atoms with van der Waals surface area (Å²) < 4.78 is 27.5. The molecule has 0 radical (unpaired) electrons. The van der Waals surface area contributed by atoms with Crippen LogP contribution in [0.3, 0.4) is 0 Å². The van der Waals surface area contributed by atoms with Crippen LogP contribution in [0.25, 0.3) is 5.82 Å². The summed E-state index contributed by atoms with van der Waals surface area (Å²) in [5.41, 5.74) is 0. The quantitative estimate of drug-likeness (QED) is 0.859. The fourth-order valence-corrected chi connectivity index (χ4v) is 2.68. The van der Waals surface area contributed by atoms with E-state index in [0.29, 0.717) is 12.2 Å². The third-order valence-corrected chi connectivity index (χ3v) is 3.76. The molecule has 102 valence electrons.